The molecule has 0 aromatic rings. The van der Waals surface area contributed by atoms with Crippen molar-refractivity contribution in [1.29, 1.82) is 0 Å². The third-order valence-corrected chi connectivity index (χ3v) is 9.43. The number of rotatable bonds is 6. The highest BCUT2D eigenvalue weighted by molar-refractivity contribution is 5.00. The second-order valence-electron chi connectivity index (χ2n) is 11.7. The molecule has 0 radical (unpaired) electrons. The molecule has 2 saturated carbocycles. The lowest BCUT2D eigenvalue weighted by molar-refractivity contribution is -0.145. The summed E-state index contributed by atoms with van der Waals surface area (Å²) in [5.41, 5.74) is 0.514. The van der Waals surface area contributed by atoms with Gasteiger partial charge in [0, 0.05) is 19.6 Å². The molecule has 4 fully saturated rings. The third kappa shape index (κ3) is 6.93. The summed E-state index contributed by atoms with van der Waals surface area (Å²) in [5, 5.41) is 3.96. The second-order valence-corrected chi connectivity index (χ2v) is 11.7. The Morgan fingerprint density at radius 1 is 0.710 bits per heavy atom. The van der Waals surface area contributed by atoms with Gasteiger partial charge in [0.1, 0.15) is 0 Å². The SMILES string of the molecule is C1CCCC(CNCCC2(C3CCCCCCCC3)CCOC3(CCOC3)C2)CCC1. The molecule has 2 unspecified atom stereocenters. The van der Waals surface area contributed by atoms with E-state index in [9.17, 15) is 0 Å². The van der Waals surface area contributed by atoms with Gasteiger partial charge in [0.15, 0.2) is 0 Å². The highest BCUT2D eigenvalue weighted by Crippen LogP contribution is 2.52. The number of ether oxygens (including phenoxy) is 2. The van der Waals surface area contributed by atoms with E-state index in [1.807, 2.05) is 0 Å². The molecule has 1 spiro atoms. The zero-order valence-corrected chi connectivity index (χ0v) is 20.4. The Bertz CT molecular complexity index is 485. The van der Waals surface area contributed by atoms with E-state index in [0.717, 1.165) is 38.1 Å². The molecule has 2 atom stereocenters. The zero-order chi connectivity index (χ0) is 21.2. The molecule has 4 aliphatic rings. The minimum Gasteiger partial charge on any atom is -0.378 e. The standard InChI is InChI=1S/C28H51NO2/c1-2-7-11-15-26(14-10-6-1)27(17-21-31-28(23-27)18-20-30-24-28)16-19-29-22-25-12-8-4-3-5-9-13-25/h25-26,29H,1-24H2. The van der Waals surface area contributed by atoms with Gasteiger partial charge in [-0.1, -0.05) is 70.6 Å². The fourth-order valence-corrected chi connectivity index (χ4v) is 7.49. The van der Waals surface area contributed by atoms with Crippen molar-refractivity contribution in [2.24, 2.45) is 17.3 Å². The van der Waals surface area contributed by atoms with Crippen molar-refractivity contribution in [1.82, 2.24) is 5.32 Å². The summed E-state index contributed by atoms with van der Waals surface area (Å²) in [7, 11) is 0. The fraction of sp³-hybridized carbons (Fsp3) is 1.00. The third-order valence-electron chi connectivity index (χ3n) is 9.43. The summed E-state index contributed by atoms with van der Waals surface area (Å²) in [6.07, 6.45) is 26.9. The molecule has 3 heteroatoms. The van der Waals surface area contributed by atoms with Crippen LogP contribution < -0.4 is 5.32 Å². The molecule has 4 rings (SSSR count). The van der Waals surface area contributed by atoms with Crippen LogP contribution in [0.15, 0.2) is 0 Å². The summed E-state index contributed by atoms with van der Waals surface area (Å²) in [5.74, 6) is 1.82. The van der Waals surface area contributed by atoms with Gasteiger partial charge in [-0.05, 0) is 75.3 Å². The van der Waals surface area contributed by atoms with E-state index < -0.39 is 0 Å². The van der Waals surface area contributed by atoms with E-state index >= 15 is 0 Å². The molecule has 1 N–H and O–H groups in total. The molecule has 2 saturated heterocycles. The van der Waals surface area contributed by atoms with Crippen molar-refractivity contribution in [2.45, 2.75) is 128 Å². The van der Waals surface area contributed by atoms with Gasteiger partial charge >= 0.3 is 0 Å². The molecule has 180 valence electrons. The summed E-state index contributed by atoms with van der Waals surface area (Å²) < 4.78 is 12.3. The number of hydrogen-bond donors (Lipinski definition) is 1. The highest BCUT2D eigenvalue weighted by Gasteiger charge is 2.50. The van der Waals surface area contributed by atoms with Crippen LogP contribution in [0.3, 0.4) is 0 Å². The van der Waals surface area contributed by atoms with Crippen molar-refractivity contribution in [3.63, 3.8) is 0 Å². The summed E-state index contributed by atoms with van der Waals surface area (Å²) >= 11 is 0. The van der Waals surface area contributed by atoms with Gasteiger partial charge in [0.05, 0.1) is 12.2 Å². The Labute approximate surface area is 192 Å². The minimum absolute atomic E-state index is 0.0379. The van der Waals surface area contributed by atoms with Crippen molar-refractivity contribution in [2.75, 3.05) is 32.9 Å². The Morgan fingerprint density at radius 2 is 1.35 bits per heavy atom. The van der Waals surface area contributed by atoms with Crippen LogP contribution in [0, 0.1) is 17.3 Å². The lowest BCUT2D eigenvalue weighted by Gasteiger charge is -2.50. The first kappa shape index (κ1) is 24.0. The van der Waals surface area contributed by atoms with E-state index in [1.54, 1.807) is 0 Å². The maximum atomic E-state index is 6.43. The van der Waals surface area contributed by atoms with E-state index in [2.05, 4.69) is 5.32 Å². The zero-order valence-electron chi connectivity index (χ0n) is 20.4. The Kier molecular flexibility index (Phi) is 9.59. The van der Waals surface area contributed by atoms with Gasteiger partial charge in [-0.25, -0.2) is 0 Å². The van der Waals surface area contributed by atoms with Gasteiger partial charge in [-0.2, -0.15) is 0 Å². The number of hydrogen-bond acceptors (Lipinski definition) is 3. The van der Waals surface area contributed by atoms with Gasteiger partial charge in [0.2, 0.25) is 0 Å². The van der Waals surface area contributed by atoms with Crippen molar-refractivity contribution >= 4 is 0 Å². The smallest absolute Gasteiger partial charge is 0.0942 e. The van der Waals surface area contributed by atoms with Crippen molar-refractivity contribution < 1.29 is 9.47 Å². The molecule has 2 heterocycles. The normalized spacial score (nSPS) is 35.2. The lowest BCUT2D eigenvalue weighted by Crippen LogP contribution is -2.50. The molecule has 0 aromatic carbocycles. The summed E-state index contributed by atoms with van der Waals surface area (Å²) in [4.78, 5) is 0. The molecule has 3 nitrogen and oxygen atoms in total. The van der Waals surface area contributed by atoms with E-state index in [4.69, 9.17) is 9.47 Å². The first-order chi connectivity index (χ1) is 15.3. The first-order valence-corrected chi connectivity index (χ1v) is 14.2. The molecule has 0 aromatic heterocycles. The molecule has 0 bridgehead atoms. The van der Waals surface area contributed by atoms with Gasteiger partial charge in [-0.3, -0.25) is 0 Å². The Balaban J connectivity index is 1.37. The predicted molar refractivity (Wildman–Crippen MR) is 130 cm³/mol. The largest absolute Gasteiger partial charge is 0.378 e. The Hall–Kier alpha value is -0.120. The maximum Gasteiger partial charge on any atom is 0.0942 e. The van der Waals surface area contributed by atoms with Crippen LogP contribution in [0.5, 0.6) is 0 Å². The van der Waals surface area contributed by atoms with Crippen molar-refractivity contribution in [3.8, 4) is 0 Å². The Morgan fingerprint density at radius 3 is 2.00 bits per heavy atom. The maximum absolute atomic E-state index is 6.43. The molecular formula is C28H51NO2. The molecule has 31 heavy (non-hydrogen) atoms. The van der Waals surface area contributed by atoms with Crippen LogP contribution in [-0.4, -0.2) is 38.5 Å². The van der Waals surface area contributed by atoms with Crippen LogP contribution in [0.2, 0.25) is 0 Å². The van der Waals surface area contributed by atoms with Gasteiger partial charge in [0.25, 0.3) is 0 Å². The first-order valence-electron chi connectivity index (χ1n) is 14.2. The average molecular weight is 434 g/mol. The monoisotopic (exact) mass is 433 g/mol. The van der Waals surface area contributed by atoms with Gasteiger partial charge in [-0.15, -0.1) is 0 Å². The van der Waals surface area contributed by atoms with Crippen LogP contribution in [-0.2, 0) is 9.47 Å². The number of nitrogens with one attached hydrogen (secondary N) is 1. The van der Waals surface area contributed by atoms with Crippen LogP contribution in [0.4, 0.5) is 0 Å². The van der Waals surface area contributed by atoms with E-state index in [0.29, 0.717) is 5.41 Å². The van der Waals surface area contributed by atoms with Crippen molar-refractivity contribution in [3.05, 3.63) is 0 Å². The van der Waals surface area contributed by atoms with Crippen LogP contribution in [0.1, 0.15) is 122 Å². The average Bonchev–Trinajstić information content (AvgIpc) is 3.24. The molecule has 2 aliphatic carbocycles. The fourth-order valence-electron chi connectivity index (χ4n) is 7.49. The molecule has 0 amide bonds. The lowest BCUT2D eigenvalue weighted by atomic mass is 9.61. The molecule has 2 aliphatic heterocycles. The molecular weight excluding hydrogens is 382 g/mol. The summed E-state index contributed by atoms with van der Waals surface area (Å²) in [6, 6.07) is 0. The quantitative estimate of drug-likeness (QED) is 0.456. The predicted octanol–water partition coefficient (Wildman–Crippen LogP) is 7.03. The summed E-state index contributed by atoms with van der Waals surface area (Å²) in [6.45, 7) is 5.18. The highest BCUT2D eigenvalue weighted by atomic mass is 16.6. The van der Waals surface area contributed by atoms with E-state index in [1.165, 1.54) is 129 Å². The second kappa shape index (κ2) is 12.4. The minimum atomic E-state index is 0.0379. The van der Waals surface area contributed by atoms with Crippen LogP contribution in [0.25, 0.3) is 0 Å². The van der Waals surface area contributed by atoms with Gasteiger partial charge < -0.3 is 14.8 Å². The topological polar surface area (TPSA) is 30.5 Å². The van der Waals surface area contributed by atoms with E-state index in [-0.39, 0.29) is 5.60 Å². The van der Waals surface area contributed by atoms with Crippen LogP contribution >= 0.6 is 0 Å².